The van der Waals surface area contributed by atoms with E-state index in [1.165, 1.54) is 6.26 Å². The van der Waals surface area contributed by atoms with E-state index in [1.807, 2.05) is 36.4 Å². The first kappa shape index (κ1) is 27.8. The molecule has 0 atom stereocenters. The van der Waals surface area contributed by atoms with Gasteiger partial charge in [0.2, 0.25) is 0 Å². The monoisotopic (exact) mass is 615 g/mol. The number of para-hydroxylation sites is 6. The molecule has 6 heteroatoms. The first-order chi connectivity index (χ1) is 22.5. The highest BCUT2D eigenvalue weighted by Crippen LogP contribution is 2.55. The highest BCUT2D eigenvalue weighted by molar-refractivity contribution is 7.90. The zero-order valence-corrected chi connectivity index (χ0v) is 25.9. The van der Waals surface area contributed by atoms with Crippen molar-refractivity contribution in [3.05, 3.63) is 158 Å². The molecule has 8 rings (SSSR count). The topological polar surface area (TPSA) is 53.5 Å². The van der Waals surface area contributed by atoms with Gasteiger partial charge in [-0.25, -0.2) is 13.4 Å². The van der Waals surface area contributed by atoms with Crippen molar-refractivity contribution in [2.45, 2.75) is 4.90 Å². The molecule has 0 amide bonds. The predicted molar refractivity (Wildman–Crippen MR) is 189 cm³/mol. The van der Waals surface area contributed by atoms with E-state index in [0.717, 1.165) is 67.4 Å². The quantitative estimate of drug-likeness (QED) is 0.193. The normalized spacial score (nSPS) is 12.5. The summed E-state index contributed by atoms with van der Waals surface area (Å²) < 4.78 is 24.4. The molecule has 1 aliphatic heterocycles. The number of nitrogens with zero attached hydrogens (tertiary/aromatic N) is 3. The van der Waals surface area contributed by atoms with Crippen molar-refractivity contribution in [1.82, 2.24) is 4.98 Å². The second kappa shape index (κ2) is 11.0. The van der Waals surface area contributed by atoms with Gasteiger partial charge in [0.05, 0.1) is 44.5 Å². The van der Waals surface area contributed by atoms with Crippen LogP contribution in [0.15, 0.2) is 163 Å². The van der Waals surface area contributed by atoms with E-state index in [0.29, 0.717) is 0 Å². The SMILES string of the molecule is CS(=O)(=O)c1ccc(-c2cc(-c3ccccc3)c3cccc(N4c5ccccc5N(c5ccccc5)c5ccccc54)c3n2)cc1. The van der Waals surface area contributed by atoms with Gasteiger partial charge in [0.15, 0.2) is 9.84 Å². The van der Waals surface area contributed by atoms with Gasteiger partial charge >= 0.3 is 0 Å². The van der Waals surface area contributed by atoms with E-state index in [2.05, 4.69) is 119 Å². The van der Waals surface area contributed by atoms with Crippen LogP contribution in [0, 0.1) is 0 Å². The summed E-state index contributed by atoms with van der Waals surface area (Å²) in [6.07, 6.45) is 1.23. The molecule has 46 heavy (non-hydrogen) atoms. The first-order valence-corrected chi connectivity index (χ1v) is 17.0. The molecule has 6 aromatic carbocycles. The van der Waals surface area contributed by atoms with Crippen LogP contribution in [0.25, 0.3) is 33.3 Å². The number of rotatable bonds is 5. The number of aromatic nitrogens is 1. The molecule has 1 aromatic heterocycles. The van der Waals surface area contributed by atoms with Crippen LogP contribution in [0.1, 0.15) is 0 Å². The van der Waals surface area contributed by atoms with Gasteiger partial charge in [-0.2, -0.15) is 0 Å². The molecule has 0 radical (unpaired) electrons. The minimum Gasteiger partial charge on any atom is -0.306 e. The average Bonchev–Trinajstić information content (AvgIpc) is 3.10. The Morgan fingerprint density at radius 3 is 1.61 bits per heavy atom. The third kappa shape index (κ3) is 4.71. The van der Waals surface area contributed by atoms with Crippen LogP contribution < -0.4 is 9.80 Å². The van der Waals surface area contributed by atoms with Crippen LogP contribution in [0.3, 0.4) is 0 Å². The largest absolute Gasteiger partial charge is 0.306 e. The molecule has 7 aromatic rings. The molecule has 0 saturated heterocycles. The summed E-state index contributed by atoms with van der Waals surface area (Å²) >= 11 is 0. The van der Waals surface area contributed by atoms with Gasteiger partial charge < -0.3 is 9.80 Å². The van der Waals surface area contributed by atoms with Gasteiger partial charge in [0.25, 0.3) is 0 Å². The maximum Gasteiger partial charge on any atom is 0.175 e. The lowest BCUT2D eigenvalue weighted by Gasteiger charge is -2.40. The van der Waals surface area contributed by atoms with E-state index >= 15 is 0 Å². The summed E-state index contributed by atoms with van der Waals surface area (Å²) in [7, 11) is -3.32. The van der Waals surface area contributed by atoms with Crippen molar-refractivity contribution >= 4 is 54.9 Å². The van der Waals surface area contributed by atoms with Gasteiger partial charge in [0, 0.05) is 22.9 Å². The fourth-order valence-electron chi connectivity index (χ4n) is 6.35. The third-order valence-corrected chi connectivity index (χ3v) is 9.59. The summed E-state index contributed by atoms with van der Waals surface area (Å²) in [5.74, 6) is 0. The van der Waals surface area contributed by atoms with E-state index in [4.69, 9.17) is 4.98 Å². The van der Waals surface area contributed by atoms with Crippen molar-refractivity contribution < 1.29 is 8.42 Å². The number of benzene rings is 6. The molecule has 0 spiro atoms. The van der Waals surface area contributed by atoms with Crippen LogP contribution in [-0.2, 0) is 9.84 Å². The molecule has 0 N–H and O–H groups in total. The molecule has 0 bridgehead atoms. The van der Waals surface area contributed by atoms with Gasteiger partial charge in [-0.05, 0) is 71.8 Å². The Morgan fingerprint density at radius 2 is 1.02 bits per heavy atom. The molecular formula is C40H29N3O2S. The maximum absolute atomic E-state index is 12.2. The summed E-state index contributed by atoms with van der Waals surface area (Å²) in [6.45, 7) is 0. The molecule has 0 aliphatic carbocycles. The van der Waals surface area contributed by atoms with Crippen LogP contribution in [0.5, 0.6) is 0 Å². The number of sulfone groups is 1. The van der Waals surface area contributed by atoms with E-state index < -0.39 is 9.84 Å². The molecule has 1 aliphatic rings. The van der Waals surface area contributed by atoms with Crippen LogP contribution in [0.4, 0.5) is 34.1 Å². The smallest absolute Gasteiger partial charge is 0.175 e. The fourth-order valence-corrected chi connectivity index (χ4v) is 6.98. The summed E-state index contributed by atoms with van der Waals surface area (Å²) in [6, 6.07) is 53.2. The molecule has 2 heterocycles. The lowest BCUT2D eigenvalue weighted by Crippen LogP contribution is -2.24. The maximum atomic E-state index is 12.2. The molecule has 0 fully saturated rings. The van der Waals surface area contributed by atoms with Gasteiger partial charge in [-0.3, -0.25) is 0 Å². The Hall–Kier alpha value is -5.72. The Balaban J connectivity index is 1.40. The zero-order chi connectivity index (χ0) is 31.3. The number of hydrogen-bond donors (Lipinski definition) is 0. The summed E-state index contributed by atoms with van der Waals surface area (Å²) in [4.78, 5) is 10.2. The van der Waals surface area contributed by atoms with Crippen molar-refractivity contribution in [1.29, 1.82) is 0 Å². The summed E-state index contributed by atoms with van der Waals surface area (Å²) in [5, 5.41) is 1.03. The first-order valence-electron chi connectivity index (χ1n) is 15.1. The lowest BCUT2D eigenvalue weighted by molar-refractivity contribution is 0.602. The number of pyridine rings is 1. The van der Waals surface area contributed by atoms with Gasteiger partial charge in [0.1, 0.15) is 0 Å². The second-order valence-corrected chi connectivity index (χ2v) is 13.4. The molecule has 0 saturated carbocycles. The fraction of sp³-hybridized carbons (Fsp3) is 0.0250. The van der Waals surface area contributed by atoms with Crippen LogP contribution >= 0.6 is 0 Å². The molecule has 222 valence electrons. The van der Waals surface area contributed by atoms with E-state index in [1.54, 1.807) is 12.1 Å². The van der Waals surface area contributed by atoms with Crippen LogP contribution in [-0.4, -0.2) is 19.7 Å². The van der Waals surface area contributed by atoms with Crippen molar-refractivity contribution in [2.75, 3.05) is 16.1 Å². The van der Waals surface area contributed by atoms with Crippen molar-refractivity contribution in [3.8, 4) is 22.4 Å². The summed E-state index contributed by atoms with van der Waals surface area (Å²) in [5.41, 5.74) is 10.9. The van der Waals surface area contributed by atoms with E-state index in [-0.39, 0.29) is 4.90 Å². The van der Waals surface area contributed by atoms with Crippen molar-refractivity contribution in [2.24, 2.45) is 0 Å². The predicted octanol–water partition coefficient (Wildman–Crippen LogP) is 10.2. The minimum atomic E-state index is -3.32. The average molecular weight is 616 g/mol. The number of fused-ring (bicyclic) bond motifs is 3. The van der Waals surface area contributed by atoms with Gasteiger partial charge in [-0.1, -0.05) is 97.1 Å². The number of anilines is 6. The molecule has 0 unspecified atom stereocenters. The second-order valence-electron chi connectivity index (χ2n) is 11.4. The van der Waals surface area contributed by atoms with E-state index in [9.17, 15) is 8.42 Å². The molecule has 5 nitrogen and oxygen atoms in total. The Labute approximate surface area is 268 Å². The Kier molecular flexibility index (Phi) is 6.66. The standard InChI is InChI=1S/C40H29N3O2S/c1-46(44,45)31-25-23-29(24-26-31)34-27-33(28-13-4-2-5-14-28)32-17-12-22-39(40(32)41-34)43-37-20-10-8-18-35(37)42(30-15-6-3-7-16-30)36-19-9-11-21-38(36)43/h2-27H,1H3. The highest BCUT2D eigenvalue weighted by Gasteiger charge is 2.31. The zero-order valence-electron chi connectivity index (χ0n) is 25.1. The third-order valence-electron chi connectivity index (χ3n) is 8.46. The highest BCUT2D eigenvalue weighted by atomic mass is 32.2. The Bertz CT molecular complexity index is 2290. The van der Waals surface area contributed by atoms with Crippen molar-refractivity contribution in [3.63, 3.8) is 0 Å². The molecular weight excluding hydrogens is 587 g/mol. The van der Waals surface area contributed by atoms with Crippen LogP contribution in [0.2, 0.25) is 0 Å². The van der Waals surface area contributed by atoms with Gasteiger partial charge in [-0.15, -0.1) is 0 Å². The Morgan fingerprint density at radius 1 is 0.500 bits per heavy atom. The number of hydrogen-bond acceptors (Lipinski definition) is 5. The lowest BCUT2D eigenvalue weighted by atomic mass is 9.97. The minimum absolute atomic E-state index is 0.283.